The van der Waals surface area contributed by atoms with E-state index < -0.39 is 57.0 Å². The van der Waals surface area contributed by atoms with Gasteiger partial charge in [-0.1, -0.05) is 30.3 Å². The maximum Gasteiger partial charge on any atom is 0.407 e. The van der Waals surface area contributed by atoms with Crippen molar-refractivity contribution in [2.24, 2.45) is 0 Å². The molecule has 0 radical (unpaired) electrons. The number of nitrogens with one attached hydrogen (secondary N) is 2. The molecule has 2 heterocycles. The highest BCUT2D eigenvalue weighted by molar-refractivity contribution is 7.91. The summed E-state index contributed by atoms with van der Waals surface area (Å²) in [5.41, 5.74) is 0.223. The van der Waals surface area contributed by atoms with Crippen LogP contribution in [0.25, 0.3) is 0 Å². The molecule has 2 fully saturated rings. The first-order valence-electron chi connectivity index (χ1n) is 11.9. The van der Waals surface area contributed by atoms with Gasteiger partial charge in [0.1, 0.15) is 12.1 Å². The summed E-state index contributed by atoms with van der Waals surface area (Å²) in [5, 5.41) is 16.0. The molecule has 5 atom stereocenters. The van der Waals surface area contributed by atoms with Gasteiger partial charge in [0, 0.05) is 12.1 Å². The Hall–Kier alpha value is -2.37. The molecule has 12 heteroatoms. The number of hydrogen-bond donors (Lipinski definition) is 3. The van der Waals surface area contributed by atoms with Crippen LogP contribution < -0.4 is 10.6 Å². The number of amides is 3. The van der Waals surface area contributed by atoms with Crippen molar-refractivity contribution >= 4 is 39.3 Å². The van der Waals surface area contributed by atoms with Gasteiger partial charge in [-0.25, -0.2) is 13.2 Å². The van der Waals surface area contributed by atoms with E-state index in [0.717, 1.165) is 5.56 Å². The quantitative estimate of drug-likeness (QED) is 0.435. The van der Waals surface area contributed by atoms with Crippen LogP contribution in [0.1, 0.15) is 39.2 Å². The van der Waals surface area contributed by atoms with Crippen molar-refractivity contribution in [3.8, 4) is 0 Å². The topological polar surface area (TPSA) is 142 Å². The smallest absolute Gasteiger partial charge is 0.407 e. The Bertz CT molecular complexity index is 1060. The van der Waals surface area contributed by atoms with Gasteiger partial charge in [-0.2, -0.15) is 0 Å². The number of hydrogen-bond acceptors (Lipinski definition) is 7. The predicted molar refractivity (Wildman–Crippen MR) is 134 cm³/mol. The van der Waals surface area contributed by atoms with Crippen LogP contribution in [0, 0.1) is 0 Å². The molecular formula is C24H34ClN3O7S. The Balaban J connectivity index is 1.75. The molecule has 0 saturated carbocycles. The fourth-order valence-corrected chi connectivity index (χ4v) is 6.28. The van der Waals surface area contributed by atoms with E-state index >= 15 is 0 Å². The van der Waals surface area contributed by atoms with Crippen molar-refractivity contribution in [3.63, 3.8) is 0 Å². The minimum Gasteiger partial charge on any atom is -0.445 e. The molecule has 1 aromatic rings. The Morgan fingerprint density at radius 1 is 1.22 bits per heavy atom. The van der Waals surface area contributed by atoms with E-state index in [1.54, 1.807) is 24.3 Å². The Morgan fingerprint density at radius 3 is 2.47 bits per heavy atom. The van der Waals surface area contributed by atoms with E-state index in [1.807, 2.05) is 26.8 Å². The Labute approximate surface area is 216 Å². The zero-order valence-corrected chi connectivity index (χ0v) is 22.2. The number of rotatable bonds is 7. The fourth-order valence-electron chi connectivity index (χ4n) is 4.37. The average molecular weight is 544 g/mol. The Kier molecular flexibility index (Phi) is 8.89. The van der Waals surface area contributed by atoms with E-state index in [4.69, 9.17) is 16.3 Å². The van der Waals surface area contributed by atoms with Crippen molar-refractivity contribution in [1.29, 1.82) is 0 Å². The molecule has 0 spiro atoms. The maximum atomic E-state index is 13.4. The first kappa shape index (κ1) is 28.2. The molecular weight excluding hydrogens is 510 g/mol. The molecule has 10 nitrogen and oxygen atoms in total. The van der Waals surface area contributed by atoms with Gasteiger partial charge in [0.25, 0.3) is 5.91 Å². The van der Waals surface area contributed by atoms with Gasteiger partial charge in [0.05, 0.1) is 22.9 Å². The van der Waals surface area contributed by atoms with Gasteiger partial charge in [-0.15, -0.1) is 11.6 Å². The van der Waals surface area contributed by atoms with Crippen LogP contribution in [0.3, 0.4) is 0 Å². The van der Waals surface area contributed by atoms with Crippen LogP contribution in [0.15, 0.2) is 30.3 Å². The van der Waals surface area contributed by atoms with Gasteiger partial charge in [-0.3, -0.25) is 9.59 Å². The van der Waals surface area contributed by atoms with Crippen molar-refractivity contribution in [1.82, 2.24) is 15.5 Å². The number of alkyl halides is 1. The second kappa shape index (κ2) is 11.4. The number of likely N-dealkylation sites (tertiary alicyclic amines) is 1. The molecule has 0 bridgehead atoms. The molecule has 1 unspecified atom stereocenters. The Morgan fingerprint density at radius 2 is 1.89 bits per heavy atom. The summed E-state index contributed by atoms with van der Waals surface area (Å²) in [6.07, 6.45) is -2.89. The lowest BCUT2D eigenvalue weighted by Gasteiger charge is -2.31. The number of nitrogens with zero attached hydrogens (tertiary/aromatic N) is 1. The highest BCUT2D eigenvalue weighted by Gasteiger charge is 2.43. The summed E-state index contributed by atoms with van der Waals surface area (Å²) in [4.78, 5) is 40.1. The highest BCUT2D eigenvalue weighted by atomic mass is 35.5. The molecule has 36 heavy (non-hydrogen) atoms. The second-order valence-corrected chi connectivity index (χ2v) is 13.2. The van der Waals surface area contributed by atoms with E-state index in [0.29, 0.717) is 0 Å². The summed E-state index contributed by atoms with van der Waals surface area (Å²) in [6, 6.07) is 7.00. The minimum atomic E-state index is -3.26. The lowest BCUT2D eigenvalue weighted by molar-refractivity contribution is -0.146. The number of alkyl carbamates (subject to hydrolysis) is 1. The molecule has 3 amide bonds. The fraction of sp³-hybridized carbons (Fsp3) is 0.625. The largest absolute Gasteiger partial charge is 0.445 e. The molecule has 200 valence electrons. The lowest BCUT2D eigenvalue weighted by Crippen LogP contribution is -2.57. The van der Waals surface area contributed by atoms with Crippen LogP contribution in [0.5, 0.6) is 0 Å². The average Bonchev–Trinajstić information content (AvgIpc) is 3.33. The van der Waals surface area contributed by atoms with Crippen molar-refractivity contribution in [3.05, 3.63) is 35.9 Å². The molecule has 2 saturated heterocycles. The maximum absolute atomic E-state index is 13.4. The number of benzene rings is 1. The zero-order valence-electron chi connectivity index (χ0n) is 20.6. The van der Waals surface area contributed by atoms with E-state index in [9.17, 15) is 27.9 Å². The van der Waals surface area contributed by atoms with Gasteiger partial charge in [-0.05, 0) is 45.6 Å². The molecule has 2 aliphatic heterocycles. The van der Waals surface area contributed by atoms with E-state index in [-0.39, 0.29) is 43.2 Å². The third-order valence-electron chi connectivity index (χ3n) is 6.03. The van der Waals surface area contributed by atoms with Crippen LogP contribution in [-0.2, 0) is 30.6 Å². The van der Waals surface area contributed by atoms with Crippen molar-refractivity contribution < 1.29 is 32.6 Å². The number of ether oxygens (including phenoxy) is 1. The van der Waals surface area contributed by atoms with Crippen molar-refractivity contribution in [2.45, 2.75) is 75.2 Å². The summed E-state index contributed by atoms with van der Waals surface area (Å²) >= 11 is 6.28. The molecule has 1 aromatic carbocycles. The van der Waals surface area contributed by atoms with Gasteiger partial charge < -0.3 is 25.4 Å². The molecule has 3 N–H and O–H groups in total. The van der Waals surface area contributed by atoms with Gasteiger partial charge in [0.2, 0.25) is 5.91 Å². The SMILES string of the molecule is CC(C)(C)NC(=O)[C@@H]1C[C@H](Cl)CN1C(=O)[C@@H](O)[C@H](Cc1ccccc1)NC(=O)OC1CCS(=O)(=O)C1. The second-order valence-electron chi connectivity index (χ2n) is 10.4. The standard InChI is InChI=1S/C24H34ClN3O7S/c1-24(2,3)27-21(30)19-12-16(25)13-28(19)22(31)20(29)18(11-15-7-5-4-6-8-15)26-23(32)35-17-9-10-36(33,34)14-17/h4-8,16-20,29H,9-14H2,1-3H3,(H,26,32)(H,27,30)/t16-,17?,18-,19-,20-/m0/s1. The third-order valence-corrected chi connectivity index (χ3v) is 8.09. The van der Waals surface area contributed by atoms with Crippen LogP contribution in [0.2, 0.25) is 0 Å². The van der Waals surface area contributed by atoms with Crippen LogP contribution in [0.4, 0.5) is 4.79 Å². The predicted octanol–water partition coefficient (Wildman–Crippen LogP) is 0.995. The minimum absolute atomic E-state index is 0.0634. The summed E-state index contributed by atoms with van der Waals surface area (Å²) in [6.45, 7) is 5.53. The molecule has 3 rings (SSSR count). The number of sulfone groups is 1. The number of aliphatic hydroxyl groups excluding tert-OH is 1. The van der Waals surface area contributed by atoms with Crippen LogP contribution >= 0.6 is 11.6 Å². The lowest BCUT2D eigenvalue weighted by atomic mass is 10.00. The summed E-state index contributed by atoms with van der Waals surface area (Å²) in [7, 11) is -3.26. The number of carbonyl (C=O) groups is 3. The number of aliphatic hydroxyl groups is 1. The molecule has 2 aliphatic rings. The van der Waals surface area contributed by atoms with Crippen LogP contribution in [-0.4, -0.2) is 89.6 Å². The molecule has 0 aromatic heterocycles. The van der Waals surface area contributed by atoms with E-state index in [2.05, 4.69) is 10.6 Å². The third kappa shape index (κ3) is 7.81. The van der Waals surface area contributed by atoms with E-state index in [1.165, 1.54) is 4.90 Å². The van der Waals surface area contributed by atoms with Gasteiger partial charge >= 0.3 is 6.09 Å². The zero-order chi connectivity index (χ0) is 26.7. The first-order valence-corrected chi connectivity index (χ1v) is 14.2. The number of carbonyl (C=O) groups excluding carboxylic acids is 3. The first-order chi connectivity index (χ1) is 16.7. The molecule has 0 aliphatic carbocycles. The monoisotopic (exact) mass is 543 g/mol. The number of halogens is 1. The summed E-state index contributed by atoms with van der Waals surface area (Å²) < 4.78 is 28.6. The summed E-state index contributed by atoms with van der Waals surface area (Å²) in [5.74, 6) is -1.44. The normalized spacial score (nSPS) is 25.1. The van der Waals surface area contributed by atoms with Gasteiger partial charge in [0.15, 0.2) is 15.9 Å². The highest BCUT2D eigenvalue weighted by Crippen LogP contribution is 2.25. The van der Waals surface area contributed by atoms with Crippen molar-refractivity contribution in [2.75, 3.05) is 18.1 Å².